The van der Waals surface area contributed by atoms with Crippen LogP contribution in [0.25, 0.3) is 22.3 Å². The van der Waals surface area contributed by atoms with E-state index in [1.807, 2.05) is 35.2 Å². The zero-order valence-corrected chi connectivity index (χ0v) is 20.8. The number of carbonyl (C=O) groups is 2. The fourth-order valence-corrected chi connectivity index (χ4v) is 5.28. The minimum Gasteiger partial charge on any atom is -0.356 e. The maximum Gasteiger partial charge on any atom is 0.327 e. The number of aryl methyl sites for hydroxylation is 1. The number of H-pyrrole nitrogens is 1. The van der Waals surface area contributed by atoms with Gasteiger partial charge in [0.2, 0.25) is 5.91 Å². The Morgan fingerprint density at radius 1 is 1.08 bits per heavy atom. The molecule has 2 aliphatic heterocycles. The molecule has 3 aromatic rings. The zero-order valence-electron chi connectivity index (χ0n) is 20.8. The van der Waals surface area contributed by atoms with E-state index < -0.39 is 0 Å². The number of rotatable bonds is 7. The Balaban J connectivity index is 1.16. The number of likely N-dealkylation sites (tertiary alicyclic amines) is 2. The summed E-state index contributed by atoms with van der Waals surface area (Å²) in [5.41, 5.74) is 3.36. The van der Waals surface area contributed by atoms with E-state index in [2.05, 4.69) is 20.2 Å². The van der Waals surface area contributed by atoms with E-state index in [4.69, 9.17) is 0 Å². The summed E-state index contributed by atoms with van der Waals surface area (Å²) in [5.74, 6) is 0.0648. The number of imidazole rings is 1. The van der Waals surface area contributed by atoms with Gasteiger partial charge in [-0.3, -0.25) is 19.1 Å². The topological polar surface area (TPSA) is 103 Å². The predicted octanol–water partition coefficient (Wildman–Crippen LogP) is 2.38. The number of nitrogens with zero attached hydrogens (tertiary/aromatic N) is 4. The van der Waals surface area contributed by atoms with Crippen molar-refractivity contribution in [2.24, 2.45) is 13.0 Å². The Morgan fingerprint density at radius 2 is 1.86 bits per heavy atom. The van der Waals surface area contributed by atoms with E-state index >= 15 is 0 Å². The van der Waals surface area contributed by atoms with Gasteiger partial charge >= 0.3 is 5.69 Å². The Kier molecular flexibility index (Phi) is 7.18. The first-order valence-electron chi connectivity index (χ1n) is 12.9. The van der Waals surface area contributed by atoms with Crippen molar-refractivity contribution in [2.75, 3.05) is 39.3 Å². The van der Waals surface area contributed by atoms with Crippen LogP contribution in [0.5, 0.6) is 0 Å². The van der Waals surface area contributed by atoms with Crippen molar-refractivity contribution in [1.29, 1.82) is 0 Å². The van der Waals surface area contributed by atoms with Gasteiger partial charge in [-0.25, -0.2) is 9.78 Å². The lowest BCUT2D eigenvalue weighted by Gasteiger charge is -2.31. The van der Waals surface area contributed by atoms with Crippen molar-refractivity contribution in [3.05, 3.63) is 52.6 Å². The average Bonchev–Trinajstić information content (AvgIpc) is 3.53. The molecular formula is C27H34N6O3. The van der Waals surface area contributed by atoms with Gasteiger partial charge in [-0.2, -0.15) is 0 Å². The van der Waals surface area contributed by atoms with Gasteiger partial charge in [0.05, 0.1) is 5.52 Å². The summed E-state index contributed by atoms with van der Waals surface area (Å²) in [6, 6.07) is 9.40. The lowest BCUT2D eigenvalue weighted by atomic mass is 9.95. The molecule has 2 amide bonds. The van der Waals surface area contributed by atoms with Gasteiger partial charge in [0, 0.05) is 49.9 Å². The summed E-state index contributed by atoms with van der Waals surface area (Å²) >= 11 is 0. The Labute approximate surface area is 210 Å². The van der Waals surface area contributed by atoms with Gasteiger partial charge < -0.3 is 15.1 Å². The fourth-order valence-electron chi connectivity index (χ4n) is 5.28. The second-order valence-corrected chi connectivity index (χ2v) is 9.92. The number of hydrogen-bond donors (Lipinski definition) is 2. The molecule has 2 aromatic heterocycles. The second-order valence-electron chi connectivity index (χ2n) is 9.92. The molecule has 2 N–H and O–H groups in total. The molecule has 2 fully saturated rings. The maximum absolute atomic E-state index is 13.2. The van der Waals surface area contributed by atoms with Gasteiger partial charge in [0.25, 0.3) is 5.91 Å². The molecule has 9 nitrogen and oxygen atoms in total. The monoisotopic (exact) mass is 490 g/mol. The fraction of sp³-hybridized carbons (Fsp3) is 0.481. The lowest BCUT2D eigenvalue weighted by Crippen LogP contribution is -2.43. The third kappa shape index (κ3) is 5.21. The van der Waals surface area contributed by atoms with E-state index in [0.717, 1.165) is 30.6 Å². The van der Waals surface area contributed by atoms with Crippen LogP contribution < -0.4 is 11.0 Å². The van der Waals surface area contributed by atoms with Gasteiger partial charge in [0.1, 0.15) is 0 Å². The van der Waals surface area contributed by atoms with Gasteiger partial charge in [-0.15, -0.1) is 0 Å². The largest absolute Gasteiger partial charge is 0.356 e. The van der Waals surface area contributed by atoms with E-state index in [1.165, 1.54) is 30.5 Å². The number of amides is 2. The third-order valence-electron chi connectivity index (χ3n) is 7.50. The Bertz CT molecular complexity index is 1300. The van der Waals surface area contributed by atoms with E-state index in [9.17, 15) is 14.4 Å². The minimum absolute atomic E-state index is 0.0237. The number of nitrogens with one attached hydrogen (secondary N) is 2. The Hall–Kier alpha value is -3.46. The maximum atomic E-state index is 13.2. The second kappa shape index (κ2) is 10.7. The van der Waals surface area contributed by atoms with Crippen molar-refractivity contribution in [3.63, 3.8) is 0 Å². The standard InChI is InChI=1S/C27H34N6O3/c1-31-23-17-22(18-29-24(23)30-27(31)36)20-6-4-7-21(16-20)26(35)33-14-8-19(9-15-33)25(34)28-10-5-13-32-11-2-3-12-32/h4,6-7,16-19H,2-3,5,8-15H2,1H3,(H,28,34)(H,29,30,36). The van der Waals surface area contributed by atoms with Crippen LogP contribution in [-0.2, 0) is 11.8 Å². The molecule has 4 heterocycles. The summed E-state index contributed by atoms with van der Waals surface area (Å²) < 4.78 is 1.52. The molecule has 0 aliphatic carbocycles. The van der Waals surface area contributed by atoms with Crippen LogP contribution in [0, 0.1) is 5.92 Å². The number of aromatic amines is 1. The first-order chi connectivity index (χ1) is 17.5. The quantitative estimate of drug-likeness (QED) is 0.495. The number of carbonyl (C=O) groups excluding carboxylic acids is 2. The smallest absolute Gasteiger partial charge is 0.327 e. The first kappa shape index (κ1) is 24.2. The zero-order chi connectivity index (χ0) is 25.1. The summed E-state index contributed by atoms with van der Waals surface area (Å²) in [5, 5.41) is 3.10. The molecular weight excluding hydrogens is 456 g/mol. The van der Waals surface area contributed by atoms with Crippen LogP contribution in [0.1, 0.15) is 42.5 Å². The number of hydrogen-bond acceptors (Lipinski definition) is 5. The molecule has 0 atom stereocenters. The number of aromatic nitrogens is 3. The number of fused-ring (bicyclic) bond motifs is 1. The lowest BCUT2D eigenvalue weighted by molar-refractivity contribution is -0.126. The van der Waals surface area contributed by atoms with Crippen LogP contribution in [0.15, 0.2) is 41.3 Å². The van der Waals surface area contributed by atoms with E-state index in [1.54, 1.807) is 13.2 Å². The van der Waals surface area contributed by atoms with Gasteiger partial charge in [0.15, 0.2) is 5.65 Å². The molecule has 1 aromatic carbocycles. The molecule has 0 radical (unpaired) electrons. The highest BCUT2D eigenvalue weighted by atomic mass is 16.2. The number of piperidine rings is 1. The van der Waals surface area contributed by atoms with E-state index in [0.29, 0.717) is 42.7 Å². The van der Waals surface area contributed by atoms with E-state index in [-0.39, 0.29) is 23.4 Å². The van der Waals surface area contributed by atoms with Gasteiger partial charge in [-0.05, 0) is 75.5 Å². The van der Waals surface area contributed by atoms with Crippen LogP contribution in [0.3, 0.4) is 0 Å². The highest BCUT2D eigenvalue weighted by molar-refractivity contribution is 5.96. The minimum atomic E-state index is -0.210. The average molecular weight is 491 g/mol. The van der Waals surface area contributed by atoms with Crippen molar-refractivity contribution >= 4 is 23.0 Å². The first-order valence-corrected chi connectivity index (χ1v) is 12.9. The van der Waals surface area contributed by atoms with Crippen molar-refractivity contribution in [2.45, 2.75) is 32.1 Å². The Morgan fingerprint density at radius 3 is 2.64 bits per heavy atom. The molecule has 0 unspecified atom stereocenters. The van der Waals surface area contributed by atoms with Crippen LogP contribution >= 0.6 is 0 Å². The molecule has 9 heteroatoms. The molecule has 0 saturated carbocycles. The number of pyridine rings is 1. The van der Waals surface area contributed by atoms with Crippen molar-refractivity contribution in [1.82, 2.24) is 29.7 Å². The van der Waals surface area contributed by atoms with Gasteiger partial charge in [-0.1, -0.05) is 12.1 Å². The molecule has 5 rings (SSSR count). The molecule has 190 valence electrons. The molecule has 2 saturated heterocycles. The molecule has 2 aliphatic rings. The van der Waals surface area contributed by atoms with Crippen molar-refractivity contribution in [3.8, 4) is 11.1 Å². The van der Waals surface area contributed by atoms with Crippen LogP contribution in [0.4, 0.5) is 0 Å². The summed E-state index contributed by atoms with van der Waals surface area (Å²) in [6.07, 6.45) is 6.64. The summed E-state index contributed by atoms with van der Waals surface area (Å²) in [7, 11) is 1.70. The third-order valence-corrected chi connectivity index (χ3v) is 7.50. The normalized spacial score (nSPS) is 17.1. The van der Waals surface area contributed by atoms with Crippen LogP contribution in [0.2, 0.25) is 0 Å². The molecule has 0 spiro atoms. The molecule has 36 heavy (non-hydrogen) atoms. The predicted molar refractivity (Wildman–Crippen MR) is 139 cm³/mol. The molecule has 0 bridgehead atoms. The highest BCUT2D eigenvalue weighted by Crippen LogP contribution is 2.24. The number of benzene rings is 1. The highest BCUT2D eigenvalue weighted by Gasteiger charge is 2.28. The summed E-state index contributed by atoms with van der Waals surface area (Å²) in [6.45, 7) is 5.30. The van der Waals surface area contributed by atoms with Crippen molar-refractivity contribution < 1.29 is 9.59 Å². The SMILES string of the molecule is Cn1c(=O)[nH]c2ncc(-c3cccc(C(=O)N4CCC(C(=O)NCCCN5CCCC5)CC4)c3)cc21. The summed E-state index contributed by atoms with van der Waals surface area (Å²) in [4.78, 5) is 49.1. The van der Waals surface area contributed by atoms with Crippen LogP contribution in [-0.4, -0.2) is 75.4 Å².